The molecule has 1 saturated heterocycles. The molecule has 2 fully saturated rings. The Labute approximate surface area is 183 Å². The molecule has 1 spiro atoms. The van der Waals surface area contributed by atoms with Gasteiger partial charge in [-0.25, -0.2) is 13.1 Å². The van der Waals surface area contributed by atoms with E-state index in [0.717, 1.165) is 5.56 Å². The zero-order valence-corrected chi connectivity index (χ0v) is 18.9. The predicted molar refractivity (Wildman–Crippen MR) is 117 cm³/mol. The number of amides is 1. The first-order valence-electron chi connectivity index (χ1n) is 10.6. The summed E-state index contributed by atoms with van der Waals surface area (Å²) in [4.78, 5) is 15.6. The van der Waals surface area contributed by atoms with E-state index in [1.54, 1.807) is 6.08 Å². The maximum Gasteiger partial charge on any atom is 0.234 e. The lowest BCUT2D eigenvalue weighted by atomic mass is 9.63. The highest BCUT2D eigenvalue weighted by atomic mass is 35.5. The van der Waals surface area contributed by atoms with Crippen LogP contribution in [0.2, 0.25) is 5.02 Å². The number of aliphatic hydroxyl groups is 1. The first kappa shape index (κ1) is 21.7. The molecular formula is C22H29ClN2O4S. The smallest absolute Gasteiger partial charge is 0.234 e. The van der Waals surface area contributed by atoms with Crippen molar-refractivity contribution in [1.29, 1.82) is 0 Å². The molecule has 2 aliphatic carbocycles. The number of likely N-dealkylation sites (tertiary alicyclic amines) is 1. The Hall–Kier alpha value is -1.57. The molecule has 30 heavy (non-hydrogen) atoms. The number of nitrogens with one attached hydrogen (secondary N) is 1. The van der Waals surface area contributed by atoms with Crippen LogP contribution in [0.3, 0.4) is 0 Å². The molecule has 1 aromatic carbocycles. The van der Waals surface area contributed by atoms with Gasteiger partial charge in [-0.15, -0.1) is 0 Å². The van der Waals surface area contributed by atoms with Crippen LogP contribution in [0.5, 0.6) is 0 Å². The number of carbonyl (C=O) groups excluding carboxylic acids is 1. The second-order valence-electron chi connectivity index (χ2n) is 9.01. The van der Waals surface area contributed by atoms with Crippen LogP contribution in [0.25, 0.3) is 0 Å². The minimum atomic E-state index is -3.34. The number of nitrogens with zero attached hydrogens (tertiary/aromatic N) is 1. The molecule has 1 heterocycles. The molecule has 6 nitrogen and oxygen atoms in total. The SMILES string of the molecule is CC[C@@H](CNS(=O)(=O)C1CC1)N1C(=O)[C@]2(C=C(O)C2)C[C@H](C)[C@H]1c1ccc(Cl)cc1. The lowest BCUT2D eigenvalue weighted by Crippen LogP contribution is -2.59. The number of hydrogen-bond donors (Lipinski definition) is 2. The van der Waals surface area contributed by atoms with Crippen LogP contribution in [0, 0.1) is 11.3 Å². The number of halogens is 1. The molecule has 1 amide bonds. The summed E-state index contributed by atoms with van der Waals surface area (Å²) >= 11 is 6.08. The maximum absolute atomic E-state index is 13.7. The molecule has 0 radical (unpaired) electrons. The molecule has 0 bridgehead atoms. The van der Waals surface area contributed by atoms with Crippen molar-refractivity contribution in [2.45, 2.75) is 63.3 Å². The number of sulfonamides is 1. The quantitative estimate of drug-likeness (QED) is 0.655. The lowest BCUT2D eigenvalue weighted by Gasteiger charge is -2.53. The Kier molecular flexibility index (Phi) is 5.66. The third-order valence-corrected chi connectivity index (χ3v) is 8.85. The fourth-order valence-electron chi connectivity index (χ4n) is 5.00. The molecule has 3 aliphatic rings. The van der Waals surface area contributed by atoms with Crippen LogP contribution in [0.15, 0.2) is 36.1 Å². The van der Waals surface area contributed by atoms with Gasteiger partial charge < -0.3 is 10.0 Å². The Morgan fingerprint density at radius 1 is 1.30 bits per heavy atom. The third-order valence-electron chi connectivity index (χ3n) is 6.68. The zero-order valence-electron chi connectivity index (χ0n) is 17.3. The van der Waals surface area contributed by atoms with Crippen molar-refractivity contribution in [3.8, 4) is 0 Å². The molecule has 164 valence electrons. The molecule has 4 atom stereocenters. The minimum absolute atomic E-state index is 0.0316. The number of carbonyl (C=O) groups is 1. The van der Waals surface area contributed by atoms with Crippen molar-refractivity contribution in [3.05, 3.63) is 46.7 Å². The number of rotatable bonds is 7. The Morgan fingerprint density at radius 3 is 2.47 bits per heavy atom. The molecular weight excluding hydrogens is 424 g/mol. The van der Waals surface area contributed by atoms with E-state index in [1.165, 1.54) is 0 Å². The highest BCUT2D eigenvalue weighted by Gasteiger charge is 2.55. The fraction of sp³-hybridized carbons (Fsp3) is 0.591. The van der Waals surface area contributed by atoms with Crippen molar-refractivity contribution in [2.24, 2.45) is 11.3 Å². The van der Waals surface area contributed by atoms with Gasteiger partial charge in [-0.1, -0.05) is 37.6 Å². The van der Waals surface area contributed by atoms with E-state index in [9.17, 15) is 18.3 Å². The number of hydrogen-bond acceptors (Lipinski definition) is 4. The van der Waals surface area contributed by atoms with Gasteiger partial charge in [0.15, 0.2) is 0 Å². The summed E-state index contributed by atoms with van der Waals surface area (Å²) < 4.78 is 27.5. The minimum Gasteiger partial charge on any atom is -0.513 e. The third kappa shape index (κ3) is 3.87. The highest BCUT2D eigenvalue weighted by molar-refractivity contribution is 7.90. The average molecular weight is 453 g/mol. The van der Waals surface area contributed by atoms with Crippen LogP contribution >= 0.6 is 11.6 Å². The summed E-state index contributed by atoms with van der Waals surface area (Å²) in [5, 5.41) is 10.2. The van der Waals surface area contributed by atoms with Crippen LogP contribution in [0.1, 0.15) is 57.6 Å². The first-order valence-corrected chi connectivity index (χ1v) is 12.6. The Bertz CT molecular complexity index is 958. The average Bonchev–Trinajstić information content (AvgIpc) is 3.51. The van der Waals surface area contributed by atoms with Gasteiger partial charge in [-0.3, -0.25) is 4.79 Å². The first-order chi connectivity index (χ1) is 14.2. The lowest BCUT2D eigenvalue weighted by molar-refractivity contribution is -0.156. The summed E-state index contributed by atoms with van der Waals surface area (Å²) in [5.74, 6) is 0.362. The summed E-state index contributed by atoms with van der Waals surface area (Å²) in [6, 6.07) is 7.08. The molecule has 4 rings (SSSR count). The molecule has 8 heteroatoms. The number of piperidine rings is 1. The second kappa shape index (κ2) is 7.84. The molecule has 0 unspecified atom stereocenters. The van der Waals surface area contributed by atoms with E-state index >= 15 is 0 Å². The summed E-state index contributed by atoms with van der Waals surface area (Å²) in [5.41, 5.74) is 0.306. The monoisotopic (exact) mass is 452 g/mol. The van der Waals surface area contributed by atoms with Gasteiger partial charge >= 0.3 is 0 Å². The van der Waals surface area contributed by atoms with E-state index in [-0.39, 0.29) is 41.5 Å². The van der Waals surface area contributed by atoms with Crippen molar-refractivity contribution in [2.75, 3.05) is 6.54 Å². The molecule has 0 aromatic heterocycles. The standard InChI is InChI=1S/C22H29ClN2O4S/c1-3-17(13-24-30(28,29)19-8-9-19)25-20(15-4-6-16(23)7-5-15)14(2)10-22(21(25)27)11-18(26)12-22/h4-7,11,14,17,19-20,24,26H,3,8-10,12-13H2,1-2H3/t14-,17-,20-,22-/m0/s1. The van der Waals surface area contributed by atoms with Gasteiger partial charge in [0.1, 0.15) is 0 Å². The second-order valence-corrected chi connectivity index (χ2v) is 11.5. The van der Waals surface area contributed by atoms with E-state index in [0.29, 0.717) is 37.1 Å². The van der Waals surface area contributed by atoms with Crippen LogP contribution in [-0.2, 0) is 14.8 Å². The summed E-state index contributed by atoms with van der Waals surface area (Å²) in [6.07, 6.45) is 4.71. The maximum atomic E-state index is 13.7. The van der Waals surface area contributed by atoms with Crippen LogP contribution in [0.4, 0.5) is 0 Å². The summed E-state index contributed by atoms with van der Waals surface area (Å²) in [6.45, 7) is 4.29. The van der Waals surface area contributed by atoms with E-state index in [1.807, 2.05) is 36.1 Å². The van der Waals surface area contributed by atoms with Gasteiger partial charge in [-0.2, -0.15) is 0 Å². The van der Waals surface area contributed by atoms with E-state index < -0.39 is 15.4 Å². The van der Waals surface area contributed by atoms with E-state index in [4.69, 9.17) is 11.6 Å². The van der Waals surface area contributed by atoms with Crippen LogP contribution in [-0.4, -0.2) is 42.2 Å². The molecule has 2 N–H and O–H groups in total. The highest BCUT2D eigenvalue weighted by Crippen LogP contribution is 2.53. The van der Waals surface area contributed by atoms with Gasteiger partial charge in [0.2, 0.25) is 15.9 Å². The largest absolute Gasteiger partial charge is 0.513 e. The number of aliphatic hydroxyl groups excluding tert-OH is 1. The normalized spacial score (nSPS) is 30.2. The number of benzene rings is 1. The van der Waals surface area contributed by atoms with Crippen LogP contribution < -0.4 is 4.72 Å². The molecule has 1 aromatic rings. The van der Waals surface area contributed by atoms with Gasteiger partial charge in [0, 0.05) is 24.0 Å². The Morgan fingerprint density at radius 2 is 1.93 bits per heavy atom. The van der Waals surface area contributed by atoms with Gasteiger partial charge in [-0.05, 0) is 55.4 Å². The molecule has 1 saturated carbocycles. The van der Waals surface area contributed by atoms with Gasteiger partial charge in [0.25, 0.3) is 0 Å². The van der Waals surface area contributed by atoms with Crippen molar-refractivity contribution < 1.29 is 18.3 Å². The van der Waals surface area contributed by atoms with E-state index in [2.05, 4.69) is 11.6 Å². The predicted octanol–water partition coefficient (Wildman–Crippen LogP) is 3.94. The molecule has 1 aliphatic heterocycles. The topological polar surface area (TPSA) is 86.7 Å². The van der Waals surface area contributed by atoms with Crippen molar-refractivity contribution in [3.63, 3.8) is 0 Å². The van der Waals surface area contributed by atoms with Crippen molar-refractivity contribution >= 4 is 27.5 Å². The fourth-order valence-corrected chi connectivity index (χ4v) is 6.55. The van der Waals surface area contributed by atoms with Gasteiger partial charge in [0.05, 0.1) is 22.5 Å². The number of allylic oxidation sites excluding steroid dienone is 1. The Balaban J connectivity index is 1.67. The van der Waals surface area contributed by atoms with Crippen molar-refractivity contribution in [1.82, 2.24) is 9.62 Å². The summed E-state index contributed by atoms with van der Waals surface area (Å²) in [7, 11) is -3.34. The zero-order chi connectivity index (χ0) is 21.7.